The molecule has 3 heterocycles. The van der Waals surface area contributed by atoms with Crippen LogP contribution in [0.1, 0.15) is 58.0 Å². The summed E-state index contributed by atoms with van der Waals surface area (Å²) in [5.41, 5.74) is 3.80. The number of aryl methyl sites for hydroxylation is 2. The summed E-state index contributed by atoms with van der Waals surface area (Å²) < 4.78 is 0. The van der Waals surface area contributed by atoms with Crippen molar-refractivity contribution in [1.82, 2.24) is 9.88 Å². The summed E-state index contributed by atoms with van der Waals surface area (Å²) in [5, 5.41) is 0. The molecule has 2 fully saturated rings. The molecule has 2 aliphatic heterocycles. The first-order valence-corrected chi connectivity index (χ1v) is 11.3. The number of piperazine rings is 1. The third-order valence-electron chi connectivity index (χ3n) is 6.29. The number of hydrogen-bond acceptors (Lipinski definition) is 5. The second-order valence-electron chi connectivity index (χ2n) is 8.59. The van der Waals surface area contributed by atoms with E-state index in [9.17, 15) is 14.4 Å². The quantitative estimate of drug-likeness (QED) is 0.675. The van der Waals surface area contributed by atoms with Gasteiger partial charge in [0.25, 0.3) is 5.91 Å². The van der Waals surface area contributed by atoms with Crippen molar-refractivity contribution in [2.24, 2.45) is 0 Å². The van der Waals surface area contributed by atoms with Gasteiger partial charge in [-0.1, -0.05) is 13.0 Å². The number of hydrogen-bond donors (Lipinski definition) is 0. The lowest BCUT2D eigenvalue weighted by atomic mass is 9.99. The van der Waals surface area contributed by atoms with Gasteiger partial charge >= 0.3 is 0 Å². The zero-order chi connectivity index (χ0) is 22.8. The van der Waals surface area contributed by atoms with Crippen LogP contribution in [-0.2, 0) is 4.79 Å². The second kappa shape index (κ2) is 9.10. The SMILES string of the molecule is CCC(=O)c1cc(N2CCCC2=O)ccc1C(=O)N1CCN(c2ncc(C)cc2C)CC1. The number of Topliss-reactive ketones (excluding diaryl/α,β-unsaturated/α-hetero) is 1. The summed E-state index contributed by atoms with van der Waals surface area (Å²) in [4.78, 5) is 48.5. The molecule has 7 heteroatoms. The van der Waals surface area contributed by atoms with E-state index in [0.29, 0.717) is 62.4 Å². The molecule has 7 nitrogen and oxygen atoms in total. The molecule has 1 aromatic heterocycles. The molecule has 2 saturated heterocycles. The van der Waals surface area contributed by atoms with Gasteiger partial charge in [-0.3, -0.25) is 14.4 Å². The number of benzene rings is 1. The van der Waals surface area contributed by atoms with Crippen molar-refractivity contribution in [3.63, 3.8) is 0 Å². The molecule has 0 saturated carbocycles. The molecular formula is C25H30N4O3. The Morgan fingerprint density at radius 3 is 2.38 bits per heavy atom. The van der Waals surface area contributed by atoms with Gasteiger partial charge in [0.2, 0.25) is 5.91 Å². The Morgan fingerprint density at radius 2 is 1.75 bits per heavy atom. The van der Waals surface area contributed by atoms with Crippen LogP contribution in [0.5, 0.6) is 0 Å². The van der Waals surface area contributed by atoms with Crippen LogP contribution in [0.15, 0.2) is 30.5 Å². The van der Waals surface area contributed by atoms with Gasteiger partial charge in [0.15, 0.2) is 5.78 Å². The first-order chi connectivity index (χ1) is 15.4. The van der Waals surface area contributed by atoms with Crippen LogP contribution in [0.4, 0.5) is 11.5 Å². The van der Waals surface area contributed by atoms with Crippen molar-refractivity contribution < 1.29 is 14.4 Å². The second-order valence-corrected chi connectivity index (χ2v) is 8.59. The first kappa shape index (κ1) is 22.0. The van der Waals surface area contributed by atoms with Crippen molar-refractivity contribution in [1.29, 1.82) is 0 Å². The fourth-order valence-electron chi connectivity index (χ4n) is 4.56. The van der Waals surface area contributed by atoms with Crippen molar-refractivity contribution in [2.45, 2.75) is 40.0 Å². The van der Waals surface area contributed by atoms with Gasteiger partial charge in [-0.15, -0.1) is 0 Å². The summed E-state index contributed by atoms with van der Waals surface area (Å²) in [5.74, 6) is 0.814. The summed E-state index contributed by atoms with van der Waals surface area (Å²) in [6.45, 7) is 9.06. The Hall–Kier alpha value is -3.22. The van der Waals surface area contributed by atoms with Gasteiger partial charge < -0.3 is 14.7 Å². The molecule has 2 amide bonds. The van der Waals surface area contributed by atoms with Crippen LogP contribution >= 0.6 is 0 Å². The summed E-state index contributed by atoms with van der Waals surface area (Å²) in [6, 6.07) is 7.34. The van der Waals surface area contributed by atoms with Crippen LogP contribution in [0, 0.1) is 13.8 Å². The van der Waals surface area contributed by atoms with Gasteiger partial charge in [0, 0.05) is 63.0 Å². The summed E-state index contributed by atoms with van der Waals surface area (Å²) >= 11 is 0. The predicted molar refractivity (Wildman–Crippen MR) is 124 cm³/mol. The molecule has 2 aliphatic rings. The average molecular weight is 435 g/mol. The maximum absolute atomic E-state index is 13.4. The molecule has 168 valence electrons. The van der Waals surface area contributed by atoms with Gasteiger partial charge in [-0.25, -0.2) is 4.98 Å². The highest BCUT2D eigenvalue weighted by Crippen LogP contribution is 2.27. The zero-order valence-corrected chi connectivity index (χ0v) is 19.1. The molecule has 4 rings (SSSR count). The Labute approximate surface area is 189 Å². The molecule has 1 aromatic carbocycles. The minimum atomic E-state index is -0.130. The molecule has 0 spiro atoms. The lowest BCUT2D eigenvalue weighted by Crippen LogP contribution is -2.49. The largest absolute Gasteiger partial charge is 0.353 e. The van der Waals surface area contributed by atoms with E-state index >= 15 is 0 Å². The molecule has 32 heavy (non-hydrogen) atoms. The number of aromatic nitrogens is 1. The third kappa shape index (κ3) is 4.24. The minimum Gasteiger partial charge on any atom is -0.353 e. The van der Waals surface area contributed by atoms with Crippen molar-refractivity contribution >= 4 is 29.1 Å². The fraction of sp³-hybridized carbons (Fsp3) is 0.440. The Kier molecular flexibility index (Phi) is 6.26. The van der Waals surface area contributed by atoms with Gasteiger partial charge in [0.1, 0.15) is 5.82 Å². The van der Waals surface area contributed by atoms with Gasteiger partial charge in [0.05, 0.1) is 5.56 Å². The van der Waals surface area contributed by atoms with E-state index in [2.05, 4.69) is 22.9 Å². The van der Waals surface area contributed by atoms with E-state index < -0.39 is 0 Å². The normalized spacial score (nSPS) is 16.6. The number of ketones is 1. The maximum atomic E-state index is 13.4. The van der Waals surface area contributed by atoms with Crippen LogP contribution in [0.25, 0.3) is 0 Å². The topological polar surface area (TPSA) is 73.8 Å². The van der Waals surface area contributed by atoms with Gasteiger partial charge in [-0.2, -0.15) is 0 Å². The Balaban J connectivity index is 1.52. The highest BCUT2D eigenvalue weighted by Gasteiger charge is 2.28. The van der Waals surface area contributed by atoms with Crippen LogP contribution < -0.4 is 9.80 Å². The zero-order valence-electron chi connectivity index (χ0n) is 19.1. The Bertz CT molecular complexity index is 1060. The third-order valence-corrected chi connectivity index (χ3v) is 6.29. The standard InChI is InChI=1S/C25H30N4O3/c1-4-22(30)21-15-19(29-9-5-6-23(29)31)7-8-20(21)25(32)28-12-10-27(11-13-28)24-18(3)14-17(2)16-26-24/h7-8,14-16H,4-6,9-13H2,1-3H3. The molecule has 0 bridgehead atoms. The molecule has 0 N–H and O–H groups in total. The number of carbonyl (C=O) groups excluding carboxylic acids is 3. The molecular weight excluding hydrogens is 404 g/mol. The number of pyridine rings is 1. The number of nitrogens with zero attached hydrogens (tertiary/aromatic N) is 4. The van der Waals surface area contributed by atoms with Crippen molar-refractivity contribution in [2.75, 3.05) is 42.5 Å². The number of carbonyl (C=O) groups is 3. The minimum absolute atomic E-state index is 0.0649. The highest BCUT2D eigenvalue weighted by atomic mass is 16.2. The highest BCUT2D eigenvalue weighted by molar-refractivity contribution is 6.09. The van der Waals surface area contributed by atoms with Crippen LogP contribution in [0.2, 0.25) is 0 Å². The first-order valence-electron chi connectivity index (χ1n) is 11.3. The molecule has 0 unspecified atom stereocenters. The molecule has 0 aliphatic carbocycles. The van der Waals surface area contributed by atoms with Crippen molar-refractivity contribution in [3.05, 3.63) is 52.7 Å². The van der Waals surface area contributed by atoms with E-state index in [1.807, 2.05) is 18.0 Å². The average Bonchev–Trinajstić information content (AvgIpc) is 3.23. The summed E-state index contributed by atoms with van der Waals surface area (Å²) in [7, 11) is 0. The number of anilines is 2. The van der Waals surface area contributed by atoms with E-state index in [-0.39, 0.29) is 17.6 Å². The Morgan fingerprint density at radius 1 is 1.00 bits per heavy atom. The molecule has 2 aromatic rings. The lowest BCUT2D eigenvalue weighted by Gasteiger charge is -2.36. The van der Waals surface area contributed by atoms with E-state index in [1.54, 1.807) is 30.0 Å². The number of rotatable bonds is 5. The maximum Gasteiger partial charge on any atom is 0.254 e. The van der Waals surface area contributed by atoms with E-state index in [1.165, 1.54) is 0 Å². The lowest BCUT2D eigenvalue weighted by molar-refractivity contribution is -0.117. The predicted octanol–water partition coefficient (Wildman–Crippen LogP) is 3.38. The van der Waals surface area contributed by atoms with Crippen LogP contribution in [-0.4, -0.2) is 60.2 Å². The smallest absolute Gasteiger partial charge is 0.254 e. The van der Waals surface area contributed by atoms with E-state index in [0.717, 1.165) is 23.4 Å². The molecule has 0 radical (unpaired) electrons. The van der Waals surface area contributed by atoms with E-state index in [4.69, 9.17) is 0 Å². The monoisotopic (exact) mass is 434 g/mol. The fourth-order valence-corrected chi connectivity index (χ4v) is 4.56. The van der Waals surface area contributed by atoms with Crippen molar-refractivity contribution in [3.8, 4) is 0 Å². The van der Waals surface area contributed by atoms with Gasteiger partial charge in [-0.05, 0) is 49.6 Å². The summed E-state index contributed by atoms with van der Waals surface area (Å²) in [6.07, 6.45) is 3.52. The van der Waals surface area contributed by atoms with Crippen LogP contribution in [0.3, 0.4) is 0 Å². The molecule has 0 atom stereocenters. The number of amides is 2.